The molecule has 0 heterocycles. The van der Waals surface area contributed by atoms with E-state index in [-0.39, 0.29) is 5.57 Å². The number of carbonyl (C=O) groups excluding carboxylic acids is 1. The van der Waals surface area contributed by atoms with Crippen LogP contribution in [0.1, 0.15) is 20.3 Å². The van der Waals surface area contributed by atoms with Crippen molar-refractivity contribution in [3.63, 3.8) is 0 Å². The van der Waals surface area contributed by atoms with Crippen LogP contribution >= 0.6 is 0 Å². The zero-order valence-electron chi connectivity index (χ0n) is 12.9. The normalized spacial score (nSPS) is 13.2. The molecule has 1 unspecified atom stereocenters. The molecule has 1 N–H and O–H groups in total. The lowest BCUT2D eigenvalue weighted by molar-refractivity contribution is -0.350. The van der Waals surface area contributed by atoms with Crippen LogP contribution in [0.4, 0.5) is 35.1 Å². The summed E-state index contributed by atoms with van der Waals surface area (Å²) in [7, 11) is 0. The summed E-state index contributed by atoms with van der Waals surface area (Å²) in [5, 5.41) is 7.89. The Morgan fingerprint density at radius 2 is 1.36 bits per heavy atom. The predicted molar refractivity (Wildman–Crippen MR) is 68.8 cm³/mol. The van der Waals surface area contributed by atoms with Crippen molar-refractivity contribution in [3.05, 3.63) is 24.3 Å². The van der Waals surface area contributed by atoms with Gasteiger partial charge in [0.05, 0.1) is 6.42 Å². The molecule has 146 valence electrons. The maximum Gasteiger partial charge on any atom is 0.469 e. The van der Waals surface area contributed by atoms with Crippen LogP contribution in [0, 0.1) is 0 Å². The number of carboxylic acids is 1. The number of aliphatic carboxylic acids is 1. The molecule has 0 amide bonds. The van der Waals surface area contributed by atoms with Crippen LogP contribution in [0.5, 0.6) is 0 Å². The molecule has 1 atom stereocenters. The molecule has 0 bridgehead atoms. The fraction of sp³-hybridized carbons (Fsp3) is 0.538. The highest BCUT2D eigenvalue weighted by atomic mass is 19.4. The molecule has 0 aromatic heterocycles. The van der Waals surface area contributed by atoms with Crippen molar-refractivity contribution in [1.29, 1.82) is 0 Å². The van der Waals surface area contributed by atoms with E-state index in [4.69, 9.17) is 5.11 Å². The maximum absolute atomic E-state index is 12.8. The monoisotopic (exact) mass is 386 g/mol. The molecule has 4 nitrogen and oxygen atoms in total. The molecular formula is C13H14F8O4. The van der Waals surface area contributed by atoms with Crippen molar-refractivity contribution in [2.24, 2.45) is 0 Å². The van der Waals surface area contributed by atoms with Crippen LogP contribution in [-0.2, 0) is 14.3 Å². The first-order valence-electron chi connectivity index (χ1n) is 6.09. The summed E-state index contributed by atoms with van der Waals surface area (Å²) in [6, 6.07) is 0. The van der Waals surface area contributed by atoms with E-state index in [1.54, 1.807) is 0 Å². The van der Waals surface area contributed by atoms with Crippen molar-refractivity contribution in [3.8, 4) is 0 Å². The van der Waals surface area contributed by atoms with Crippen LogP contribution in [0.2, 0.25) is 0 Å². The second-order valence-electron chi connectivity index (χ2n) is 4.68. The summed E-state index contributed by atoms with van der Waals surface area (Å²) in [5.74, 6) is -8.74. The average molecular weight is 386 g/mol. The summed E-state index contributed by atoms with van der Waals surface area (Å²) in [5.41, 5.74) is -0.531. The topological polar surface area (TPSA) is 63.6 Å². The van der Waals surface area contributed by atoms with Crippen LogP contribution in [0.15, 0.2) is 24.3 Å². The molecule has 0 aliphatic carbocycles. The van der Waals surface area contributed by atoms with Crippen molar-refractivity contribution < 1.29 is 54.6 Å². The minimum Gasteiger partial charge on any atom is -0.478 e. The van der Waals surface area contributed by atoms with Gasteiger partial charge >= 0.3 is 30.1 Å². The van der Waals surface area contributed by atoms with Crippen LogP contribution in [0.25, 0.3) is 0 Å². The fourth-order valence-corrected chi connectivity index (χ4v) is 0.785. The second kappa shape index (κ2) is 8.81. The molecule has 0 rings (SSSR count). The molecule has 0 aliphatic rings. The third-order valence-electron chi connectivity index (χ3n) is 2.13. The standard InChI is InChI=1S/C9H8F8O2.C4H6O2/c1-4(2)6(18)19-9(16,17)8(14,15)5(10)3-7(11,12)13;1-3(2)4(5)6/h5H,1,3H2,2H3;1H2,2H3,(H,5,6). The molecule has 0 saturated heterocycles. The lowest BCUT2D eigenvalue weighted by Crippen LogP contribution is -2.51. The SMILES string of the molecule is C=C(C)C(=O)O.C=C(C)C(=O)OC(F)(F)C(F)(F)C(F)CC(F)(F)F. The Balaban J connectivity index is 0. The lowest BCUT2D eigenvalue weighted by atomic mass is 10.1. The van der Waals surface area contributed by atoms with Gasteiger partial charge in [0.15, 0.2) is 6.17 Å². The molecule has 0 spiro atoms. The summed E-state index contributed by atoms with van der Waals surface area (Å²) in [6.07, 6.45) is -18.2. The molecule has 12 heteroatoms. The van der Waals surface area contributed by atoms with E-state index in [9.17, 15) is 44.7 Å². The molecule has 0 aromatic rings. The van der Waals surface area contributed by atoms with E-state index in [1.165, 1.54) is 6.92 Å². The summed E-state index contributed by atoms with van der Waals surface area (Å²) in [6.45, 7) is 8.23. The highest BCUT2D eigenvalue weighted by Crippen LogP contribution is 2.43. The number of ether oxygens (including phenoxy) is 1. The molecular weight excluding hydrogens is 372 g/mol. The van der Waals surface area contributed by atoms with E-state index in [1.807, 2.05) is 0 Å². The molecule has 25 heavy (non-hydrogen) atoms. The largest absolute Gasteiger partial charge is 0.478 e. The number of carboxylic acid groups (broad SMARTS) is 1. The Morgan fingerprint density at radius 3 is 1.60 bits per heavy atom. The van der Waals surface area contributed by atoms with Crippen LogP contribution in [-0.4, -0.2) is 41.4 Å². The highest BCUT2D eigenvalue weighted by molar-refractivity contribution is 5.87. The molecule has 0 aliphatic heterocycles. The van der Waals surface area contributed by atoms with E-state index in [2.05, 4.69) is 17.9 Å². The quantitative estimate of drug-likeness (QED) is 0.421. The first-order valence-corrected chi connectivity index (χ1v) is 6.09. The third-order valence-corrected chi connectivity index (χ3v) is 2.13. The molecule has 0 saturated carbocycles. The van der Waals surface area contributed by atoms with Crippen molar-refractivity contribution in [2.75, 3.05) is 0 Å². The maximum atomic E-state index is 12.8. The number of rotatable bonds is 6. The zero-order chi connectivity index (χ0) is 20.8. The van der Waals surface area contributed by atoms with Gasteiger partial charge in [0.25, 0.3) is 0 Å². The zero-order valence-corrected chi connectivity index (χ0v) is 12.9. The Labute approximate surface area is 136 Å². The Hall–Kier alpha value is -2.14. The highest BCUT2D eigenvalue weighted by Gasteiger charge is 2.67. The number of esters is 1. The van der Waals surface area contributed by atoms with Crippen molar-refractivity contribution >= 4 is 11.9 Å². The Morgan fingerprint density at radius 1 is 1.00 bits per heavy atom. The Kier molecular flexibility index (Phi) is 8.85. The van der Waals surface area contributed by atoms with E-state index in [0.717, 1.165) is 6.92 Å². The lowest BCUT2D eigenvalue weighted by Gasteiger charge is -2.28. The first kappa shape index (κ1) is 25.1. The number of carbonyl (C=O) groups is 2. The van der Waals surface area contributed by atoms with Gasteiger partial charge < -0.3 is 9.84 Å². The van der Waals surface area contributed by atoms with Crippen molar-refractivity contribution in [1.82, 2.24) is 0 Å². The average Bonchev–Trinajstić information content (AvgIpc) is 2.36. The van der Waals surface area contributed by atoms with E-state index in [0.29, 0.717) is 0 Å². The number of halogens is 8. The predicted octanol–water partition coefficient (Wildman–Crippen LogP) is 4.27. The summed E-state index contributed by atoms with van der Waals surface area (Å²) < 4.78 is 102. The van der Waals surface area contributed by atoms with Gasteiger partial charge in [-0.05, 0) is 13.8 Å². The Bertz CT molecular complexity index is 513. The van der Waals surface area contributed by atoms with Gasteiger partial charge in [-0.1, -0.05) is 13.2 Å². The number of alkyl halides is 8. The third kappa shape index (κ3) is 9.05. The van der Waals surface area contributed by atoms with Crippen LogP contribution < -0.4 is 0 Å². The summed E-state index contributed by atoms with van der Waals surface area (Å²) >= 11 is 0. The minimum absolute atomic E-state index is 0.176. The van der Waals surface area contributed by atoms with Gasteiger partial charge in [0, 0.05) is 11.1 Å². The fourth-order valence-electron chi connectivity index (χ4n) is 0.785. The van der Waals surface area contributed by atoms with Gasteiger partial charge in [0.1, 0.15) is 0 Å². The van der Waals surface area contributed by atoms with Gasteiger partial charge in [-0.15, -0.1) is 0 Å². The molecule has 0 radical (unpaired) electrons. The number of hydrogen-bond acceptors (Lipinski definition) is 3. The van der Waals surface area contributed by atoms with Crippen LogP contribution in [0.3, 0.4) is 0 Å². The molecule has 0 aromatic carbocycles. The van der Waals surface area contributed by atoms with E-state index >= 15 is 0 Å². The number of hydrogen-bond donors (Lipinski definition) is 1. The molecule has 0 fully saturated rings. The van der Waals surface area contributed by atoms with E-state index < -0.39 is 48.3 Å². The van der Waals surface area contributed by atoms with Gasteiger partial charge in [0.2, 0.25) is 0 Å². The van der Waals surface area contributed by atoms with Gasteiger partial charge in [-0.2, -0.15) is 30.7 Å². The van der Waals surface area contributed by atoms with Gasteiger partial charge in [-0.25, -0.2) is 14.0 Å². The van der Waals surface area contributed by atoms with Crippen molar-refractivity contribution in [2.45, 2.75) is 44.6 Å². The first-order chi connectivity index (χ1) is 10.8. The minimum atomic E-state index is -5.83. The second-order valence-corrected chi connectivity index (χ2v) is 4.68. The summed E-state index contributed by atoms with van der Waals surface area (Å²) in [4.78, 5) is 20.2. The van der Waals surface area contributed by atoms with Gasteiger partial charge in [-0.3, -0.25) is 0 Å². The smallest absolute Gasteiger partial charge is 0.469 e.